The Morgan fingerprint density at radius 2 is 0.565 bits per heavy atom. The Morgan fingerprint density at radius 3 is 0.984 bits per heavy atom. The Hall–Kier alpha value is -8.34. The first-order valence-corrected chi connectivity index (χ1v) is 21.0. The summed E-state index contributed by atoms with van der Waals surface area (Å²) in [6.45, 7) is 0. The van der Waals surface area contributed by atoms with Crippen LogP contribution in [-0.2, 0) is 0 Å². The van der Waals surface area contributed by atoms with E-state index in [1.807, 2.05) is 0 Å². The summed E-state index contributed by atoms with van der Waals surface area (Å²) in [5, 5.41) is 2.13. The van der Waals surface area contributed by atoms with E-state index >= 15 is 0 Å². The van der Waals surface area contributed by atoms with Gasteiger partial charge in [-0.25, -0.2) is 0 Å². The molecule has 0 spiro atoms. The molecule has 0 atom stereocenters. The highest BCUT2D eigenvalue weighted by atomic mass is 16.5. The van der Waals surface area contributed by atoms with Crippen LogP contribution in [0.15, 0.2) is 231 Å². The van der Waals surface area contributed by atoms with Gasteiger partial charge in [-0.2, -0.15) is 0 Å². The van der Waals surface area contributed by atoms with Crippen molar-refractivity contribution in [1.82, 2.24) is 0 Å². The van der Waals surface area contributed by atoms with Gasteiger partial charge in [0.1, 0.15) is 23.0 Å². The van der Waals surface area contributed by atoms with E-state index in [1.165, 1.54) is 11.1 Å². The van der Waals surface area contributed by atoms with E-state index in [0.29, 0.717) is 0 Å². The van der Waals surface area contributed by atoms with E-state index < -0.39 is 0 Å². The van der Waals surface area contributed by atoms with Gasteiger partial charge in [-0.05, 0) is 130 Å². The molecule has 4 heteroatoms. The van der Waals surface area contributed by atoms with Gasteiger partial charge >= 0.3 is 0 Å². The van der Waals surface area contributed by atoms with Crippen LogP contribution in [0.4, 0.5) is 34.1 Å². The summed E-state index contributed by atoms with van der Waals surface area (Å²) in [7, 11) is 0. The SMILES string of the molecule is c1ccc(-c2cccc(N(c3ccccc3)c3ccc4c(c3)Oc3ccc5c6c(ccc-4c36)Oc3cc(N(c4ccccc4)c4cccc(-c6ccccc6)c4)ccc3-5)c2)cc1. The van der Waals surface area contributed by atoms with Crippen LogP contribution in [0.1, 0.15) is 0 Å². The normalized spacial score (nSPS) is 11.8. The first kappa shape index (κ1) is 35.6. The second kappa shape index (κ2) is 14.7. The van der Waals surface area contributed by atoms with Crippen LogP contribution in [0.25, 0.3) is 55.3 Å². The Morgan fingerprint density at radius 1 is 0.226 bits per heavy atom. The topological polar surface area (TPSA) is 24.9 Å². The minimum absolute atomic E-state index is 0.817. The maximum absolute atomic E-state index is 6.87. The van der Waals surface area contributed by atoms with Crippen molar-refractivity contribution in [3.63, 3.8) is 0 Å². The molecule has 0 unspecified atom stereocenters. The number of anilines is 6. The second-order valence-corrected chi connectivity index (χ2v) is 15.7. The van der Waals surface area contributed by atoms with Crippen LogP contribution < -0.4 is 19.3 Å². The molecule has 10 aromatic rings. The first-order chi connectivity index (χ1) is 30.7. The largest absolute Gasteiger partial charge is 0.456 e. The quantitative estimate of drug-likeness (QED) is 0.153. The summed E-state index contributed by atoms with van der Waals surface area (Å²) in [4.78, 5) is 4.59. The summed E-state index contributed by atoms with van der Waals surface area (Å²) < 4.78 is 13.7. The van der Waals surface area contributed by atoms with Crippen LogP contribution in [0.3, 0.4) is 0 Å². The molecule has 0 amide bonds. The van der Waals surface area contributed by atoms with Crippen molar-refractivity contribution >= 4 is 44.9 Å². The molecule has 62 heavy (non-hydrogen) atoms. The van der Waals surface area contributed by atoms with Gasteiger partial charge in [0, 0.05) is 68.2 Å². The number of hydrogen-bond acceptors (Lipinski definition) is 4. The van der Waals surface area contributed by atoms with Crippen LogP contribution in [0, 0.1) is 0 Å². The molecule has 2 heterocycles. The van der Waals surface area contributed by atoms with Crippen molar-refractivity contribution in [2.24, 2.45) is 0 Å². The van der Waals surface area contributed by atoms with E-state index in [4.69, 9.17) is 9.47 Å². The number of nitrogens with zero attached hydrogens (tertiary/aromatic N) is 2. The predicted molar refractivity (Wildman–Crippen MR) is 255 cm³/mol. The highest BCUT2D eigenvalue weighted by molar-refractivity contribution is 6.14. The van der Waals surface area contributed by atoms with Gasteiger partial charge in [-0.15, -0.1) is 0 Å². The van der Waals surface area contributed by atoms with E-state index in [-0.39, 0.29) is 0 Å². The summed E-state index contributed by atoms with van der Waals surface area (Å²) in [5.74, 6) is 3.27. The fraction of sp³-hybridized carbons (Fsp3) is 0. The van der Waals surface area contributed by atoms with Gasteiger partial charge in [0.2, 0.25) is 0 Å². The summed E-state index contributed by atoms with van der Waals surface area (Å²) in [5.41, 5.74) is 15.3. The minimum Gasteiger partial charge on any atom is -0.456 e. The molecule has 0 aromatic heterocycles. The number of fused-ring (bicyclic) bond motifs is 4. The van der Waals surface area contributed by atoms with Gasteiger partial charge < -0.3 is 19.3 Å². The number of hydrogen-bond donors (Lipinski definition) is 0. The molecule has 4 nitrogen and oxygen atoms in total. The maximum Gasteiger partial charge on any atom is 0.137 e. The molecule has 0 aliphatic carbocycles. The van der Waals surface area contributed by atoms with Crippen LogP contribution in [-0.4, -0.2) is 0 Å². The summed E-state index contributed by atoms with van der Waals surface area (Å²) >= 11 is 0. The standard InChI is InChI=1S/C58H38N2O2/c1-5-15-39(16-6-1)41-19-13-25-45(35-41)59(43-21-9-3-10-22-43)47-27-29-49-51-31-34-54-58-52(32-33-53(57(51)58)61-55(49)37-47)50-30-28-48(38-56(50)62-54)60(44-23-11-4-12-24-44)46-26-14-20-42(36-46)40-17-7-2-8-18-40/h1-38H. The molecule has 0 N–H and O–H groups in total. The Bertz CT molecular complexity index is 3070. The lowest BCUT2D eigenvalue weighted by molar-refractivity contribution is 0.480. The molecule has 292 valence electrons. The van der Waals surface area contributed by atoms with E-state index in [9.17, 15) is 0 Å². The Balaban J connectivity index is 0.929. The van der Waals surface area contributed by atoms with Crippen molar-refractivity contribution in [2.75, 3.05) is 9.80 Å². The molecule has 0 fully saturated rings. The van der Waals surface area contributed by atoms with Gasteiger partial charge in [-0.1, -0.05) is 121 Å². The van der Waals surface area contributed by atoms with E-state index in [2.05, 4.69) is 240 Å². The first-order valence-electron chi connectivity index (χ1n) is 21.0. The summed E-state index contributed by atoms with van der Waals surface area (Å²) in [6, 6.07) is 81.3. The van der Waals surface area contributed by atoms with Gasteiger partial charge in [0.15, 0.2) is 0 Å². The average molecular weight is 795 g/mol. The smallest absolute Gasteiger partial charge is 0.137 e. The number of para-hydroxylation sites is 2. The van der Waals surface area contributed by atoms with Crippen molar-refractivity contribution < 1.29 is 9.47 Å². The molecule has 2 aliphatic heterocycles. The zero-order valence-corrected chi connectivity index (χ0v) is 33.7. The fourth-order valence-corrected chi connectivity index (χ4v) is 9.16. The van der Waals surface area contributed by atoms with Crippen molar-refractivity contribution in [1.29, 1.82) is 0 Å². The molecule has 12 rings (SSSR count). The van der Waals surface area contributed by atoms with Gasteiger partial charge in [0.25, 0.3) is 0 Å². The third-order valence-electron chi connectivity index (χ3n) is 12.0. The molecule has 0 bridgehead atoms. The molecule has 0 saturated carbocycles. The number of ether oxygens (including phenoxy) is 2. The number of rotatable bonds is 8. The molecular weight excluding hydrogens is 757 g/mol. The highest BCUT2D eigenvalue weighted by Crippen LogP contribution is 2.56. The van der Waals surface area contributed by atoms with Crippen molar-refractivity contribution in [2.45, 2.75) is 0 Å². The Kier molecular flexibility index (Phi) is 8.46. The average Bonchev–Trinajstić information content (AvgIpc) is 3.34. The lowest BCUT2D eigenvalue weighted by atomic mass is 9.88. The van der Waals surface area contributed by atoms with Crippen molar-refractivity contribution in [3.8, 4) is 67.5 Å². The molecule has 10 aromatic carbocycles. The molecule has 2 aliphatic rings. The monoisotopic (exact) mass is 794 g/mol. The van der Waals surface area contributed by atoms with Gasteiger partial charge in [0.05, 0.1) is 0 Å². The zero-order valence-electron chi connectivity index (χ0n) is 33.7. The van der Waals surface area contributed by atoms with Crippen LogP contribution >= 0.6 is 0 Å². The molecule has 0 radical (unpaired) electrons. The predicted octanol–water partition coefficient (Wildman–Crippen LogP) is 16.7. The van der Waals surface area contributed by atoms with Crippen molar-refractivity contribution in [3.05, 3.63) is 231 Å². The lowest BCUT2D eigenvalue weighted by Crippen LogP contribution is -2.11. The van der Waals surface area contributed by atoms with E-state index in [1.54, 1.807) is 0 Å². The lowest BCUT2D eigenvalue weighted by Gasteiger charge is -2.30. The van der Waals surface area contributed by atoms with E-state index in [0.717, 1.165) is 101 Å². The zero-order chi connectivity index (χ0) is 41.0. The second-order valence-electron chi connectivity index (χ2n) is 15.7. The third kappa shape index (κ3) is 6.08. The third-order valence-corrected chi connectivity index (χ3v) is 12.0. The van der Waals surface area contributed by atoms with Crippen LogP contribution in [0.2, 0.25) is 0 Å². The molecule has 0 saturated heterocycles. The van der Waals surface area contributed by atoms with Crippen LogP contribution in [0.5, 0.6) is 23.0 Å². The maximum atomic E-state index is 6.87. The summed E-state index contributed by atoms with van der Waals surface area (Å²) in [6.07, 6.45) is 0. The number of benzene rings is 10. The van der Waals surface area contributed by atoms with Gasteiger partial charge in [-0.3, -0.25) is 0 Å². The minimum atomic E-state index is 0.817. The Labute approximate surface area is 360 Å². The molecular formula is C58H38N2O2. The highest BCUT2D eigenvalue weighted by Gasteiger charge is 2.29. The fourth-order valence-electron chi connectivity index (χ4n) is 9.16.